The lowest BCUT2D eigenvalue weighted by Gasteiger charge is -2.06. The van der Waals surface area contributed by atoms with Gasteiger partial charge in [-0.2, -0.15) is 0 Å². The Bertz CT molecular complexity index is 424. The van der Waals surface area contributed by atoms with Crippen molar-refractivity contribution in [1.29, 1.82) is 0 Å². The maximum Gasteiger partial charge on any atom is 0.252 e. The molecule has 1 aromatic heterocycles. The fourth-order valence-electron chi connectivity index (χ4n) is 1.28. The van der Waals surface area contributed by atoms with Gasteiger partial charge in [-0.3, -0.25) is 14.6 Å². The SMILES string of the molecule is CCCNC(=O)CCNC(=O)c1cncc(Br)c1. The van der Waals surface area contributed by atoms with Crippen LogP contribution in [0.25, 0.3) is 0 Å². The summed E-state index contributed by atoms with van der Waals surface area (Å²) in [5.74, 6) is -0.281. The molecule has 5 nitrogen and oxygen atoms in total. The second kappa shape index (κ2) is 7.81. The van der Waals surface area contributed by atoms with Crippen LogP contribution in [0.1, 0.15) is 30.1 Å². The van der Waals surface area contributed by atoms with E-state index in [0.717, 1.165) is 10.9 Å². The van der Waals surface area contributed by atoms with Crippen molar-refractivity contribution in [2.45, 2.75) is 19.8 Å². The molecule has 0 unspecified atom stereocenters. The lowest BCUT2D eigenvalue weighted by Crippen LogP contribution is -2.31. The minimum Gasteiger partial charge on any atom is -0.356 e. The quantitative estimate of drug-likeness (QED) is 0.836. The van der Waals surface area contributed by atoms with Crippen LogP contribution in [0.5, 0.6) is 0 Å². The first-order valence-corrected chi connectivity index (χ1v) is 6.58. The minimum atomic E-state index is -0.230. The Kier molecular flexibility index (Phi) is 6.35. The van der Waals surface area contributed by atoms with Crippen molar-refractivity contribution in [3.8, 4) is 0 Å². The fraction of sp³-hybridized carbons (Fsp3) is 0.417. The summed E-state index contributed by atoms with van der Waals surface area (Å²) >= 11 is 3.24. The third-order valence-corrected chi connectivity index (χ3v) is 2.61. The number of halogens is 1. The third kappa shape index (κ3) is 5.27. The maximum atomic E-state index is 11.7. The Morgan fingerprint density at radius 1 is 1.28 bits per heavy atom. The van der Waals surface area contributed by atoms with E-state index in [-0.39, 0.29) is 18.2 Å². The van der Waals surface area contributed by atoms with E-state index in [2.05, 4.69) is 31.5 Å². The molecule has 2 N–H and O–H groups in total. The van der Waals surface area contributed by atoms with Gasteiger partial charge < -0.3 is 10.6 Å². The summed E-state index contributed by atoms with van der Waals surface area (Å²) < 4.78 is 0.746. The van der Waals surface area contributed by atoms with E-state index < -0.39 is 0 Å². The number of pyridine rings is 1. The number of amides is 2. The lowest BCUT2D eigenvalue weighted by molar-refractivity contribution is -0.120. The first-order chi connectivity index (χ1) is 8.63. The highest BCUT2D eigenvalue weighted by molar-refractivity contribution is 9.10. The van der Waals surface area contributed by atoms with Gasteiger partial charge in [-0.25, -0.2) is 0 Å². The van der Waals surface area contributed by atoms with E-state index in [4.69, 9.17) is 0 Å². The zero-order chi connectivity index (χ0) is 13.4. The molecule has 0 saturated carbocycles. The number of hydrogen-bond donors (Lipinski definition) is 2. The Hall–Kier alpha value is -1.43. The molecule has 0 aliphatic carbocycles. The number of hydrogen-bond acceptors (Lipinski definition) is 3. The van der Waals surface area contributed by atoms with E-state index in [0.29, 0.717) is 18.7 Å². The second-order valence-corrected chi connectivity index (χ2v) is 4.66. The smallest absolute Gasteiger partial charge is 0.252 e. The molecule has 0 spiro atoms. The Morgan fingerprint density at radius 3 is 2.72 bits per heavy atom. The van der Waals surface area contributed by atoms with E-state index in [9.17, 15) is 9.59 Å². The van der Waals surface area contributed by atoms with E-state index in [1.807, 2.05) is 6.92 Å². The molecule has 0 radical (unpaired) electrons. The molecule has 1 heterocycles. The number of aromatic nitrogens is 1. The Morgan fingerprint density at radius 2 is 2.06 bits per heavy atom. The number of carbonyl (C=O) groups is 2. The van der Waals surface area contributed by atoms with Crippen LogP contribution < -0.4 is 10.6 Å². The van der Waals surface area contributed by atoms with Gasteiger partial charge in [0, 0.05) is 36.4 Å². The summed E-state index contributed by atoms with van der Waals surface area (Å²) in [5, 5.41) is 5.42. The fourth-order valence-corrected chi connectivity index (χ4v) is 1.65. The molecule has 98 valence electrons. The van der Waals surface area contributed by atoms with E-state index >= 15 is 0 Å². The average molecular weight is 314 g/mol. The summed E-state index contributed by atoms with van der Waals surface area (Å²) in [6.45, 7) is 2.98. The topological polar surface area (TPSA) is 71.1 Å². The van der Waals surface area contributed by atoms with Crippen LogP contribution in [-0.2, 0) is 4.79 Å². The molecule has 0 atom stereocenters. The van der Waals surface area contributed by atoms with Crippen LogP contribution in [0.3, 0.4) is 0 Å². The molecule has 0 aliphatic heterocycles. The van der Waals surface area contributed by atoms with Crippen molar-refractivity contribution >= 4 is 27.7 Å². The third-order valence-electron chi connectivity index (χ3n) is 2.18. The zero-order valence-corrected chi connectivity index (χ0v) is 11.8. The molecule has 1 rings (SSSR count). The highest BCUT2D eigenvalue weighted by Gasteiger charge is 2.07. The van der Waals surface area contributed by atoms with Crippen LogP contribution >= 0.6 is 15.9 Å². The predicted octanol–water partition coefficient (Wildman–Crippen LogP) is 1.49. The molecule has 0 aliphatic rings. The van der Waals surface area contributed by atoms with Crippen LogP contribution in [0.15, 0.2) is 22.9 Å². The largest absolute Gasteiger partial charge is 0.356 e. The van der Waals surface area contributed by atoms with Gasteiger partial charge in [-0.1, -0.05) is 6.92 Å². The first kappa shape index (κ1) is 14.6. The van der Waals surface area contributed by atoms with Crippen molar-refractivity contribution in [1.82, 2.24) is 15.6 Å². The van der Waals surface area contributed by atoms with Gasteiger partial charge in [-0.15, -0.1) is 0 Å². The molecule has 0 saturated heterocycles. The Balaban J connectivity index is 2.31. The Labute approximate surface area is 114 Å². The van der Waals surface area contributed by atoms with Gasteiger partial charge in [0.05, 0.1) is 5.56 Å². The monoisotopic (exact) mass is 313 g/mol. The number of rotatable bonds is 6. The zero-order valence-electron chi connectivity index (χ0n) is 10.2. The summed E-state index contributed by atoms with van der Waals surface area (Å²) in [7, 11) is 0. The number of nitrogens with one attached hydrogen (secondary N) is 2. The van der Waals surface area contributed by atoms with Crippen LogP contribution in [0.2, 0.25) is 0 Å². The molecule has 2 amide bonds. The molecule has 18 heavy (non-hydrogen) atoms. The molecule has 0 fully saturated rings. The van der Waals surface area contributed by atoms with E-state index in [1.54, 1.807) is 12.3 Å². The highest BCUT2D eigenvalue weighted by Crippen LogP contribution is 2.09. The molecule has 0 bridgehead atoms. The van der Waals surface area contributed by atoms with Gasteiger partial charge in [0.25, 0.3) is 5.91 Å². The summed E-state index contributed by atoms with van der Waals surface area (Å²) in [5.41, 5.74) is 0.471. The first-order valence-electron chi connectivity index (χ1n) is 5.79. The number of carbonyl (C=O) groups excluding carboxylic acids is 2. The summed E-state index contributed by atoms with van der Waals surface area (Å²) in [6, 6.07) is 1.68. The molecular weight excluding hydrogens is 298 g/mol. The van der Waals surface area contributed by atoms with Gasteiger partial charge in [0.15, 0.2) is 0 Å². The van der Waals surface area contributed by atoms with Gasteiger partial charge in [0.1, 0.15) is 0 Å². The van der Waals surface area contributed by atoms with Crippen molar-refractivity contribution in [3.63, 3.8) is 0 Å². The standard InChI is InChI=1S/C12H16BrN3O2/c1-2-4-15-11(17)3-5-16-12(18)9-6-10(13)8-14-7-9/h6-8H,2-5H2,1H3,(H,15,17)(H,16,18). The maximum absolute atomic E-state index is 11.7. The van der Waals surface area contributed by atoms with Crippen molar-refractivity contribution in [2.24, 2.45) is 0 Å². The molecule has 1 aromatic rings. The normalized spacial score (nSPS) is 9.89. The molecule has 0 aromatic carbocycles. The van der Waals surface area contributed by atoms with E-state index in [1.165, 1.54) is 6.20 Å². The molecule has 6 heteroatoms. The van der Waals surface area contributed by atoms with Crippen molar-refractivity contribution < 1.29 is 9.59 Å². The minimum absolute atomic E-state index is 0.0514. The van der Waals surface area contributed by atoms with Crippen molar-refractivity contribution in [2.75, 3.05) is 13.1 Å². The van der Waals surface area contributed by atoms with Crippen molar-refractivity contribution in [3.05, 3.63) is 28.5 Å². The van der Waals surface area contributed by atoms with Crippen LogP contribution in [0, 0.1) is 0 Å². The molecular formula is C12H16BrN3O2. The summed E-state index contributed by atoms with van der Waals surface area (Å²) in [4.78, 5) is 26.9. The number of nitrogens with zero attached hydrogens (tertiary/aromatic N) is 1. The second-order valence-electron chi connectivity index (χ2n) is 3.75. The van der Waals surface area contributed by atoms with Gasteiger partial charge in [0.2, 0.25) is 5.91 Å². The van der Waals surface area contributed by atoms with Gasteiger partial charge in [-0.05, 0) is 28.4 Å². The van der Waals surface area contributed by atoms with Crippen LogP contribution in [-0.4, -0.2) is 29.9 Å². The predicted molar refractivity (Wildman–Crippen MR) is 72.2 cm³/mol. The lowest BCUT2D eigenvalue weighted by atomic mass is 10.2. The van der Waals surface area contributed by atoms with Crippen LogP contribution in [0.4, 0.5) is 0 Å². The summed E-state index contributed by atoms with van der Waals surface area (Å²) in [6.07, 6.45) is 4.28. The highest BCUT2D eigenvalue weighted by atomic mass is 79.9. The average Bonchev–Trinajstić information content (AvgIpc) is 2.36. The van der Waals surface area contributed by atoms with Gasteiger partial charge >= 0.3 is 0 Å².